The number of rotatable bonds is 0. The van der Waals surface area contributed by atoms with Gasteiger partial charge in [-0.3, -0.25) is 4.79 Å². The molecule has 1 aromatic rings. The first kappa shape index (κ1) is 10.8. The number of Topliss-reactive ketones (excluding diaryl/α,β-unsaturated/α-hetero) is 1. The van der Waals surface area contributed by atoms with Gasteiger partial charge in [0.05, 0.1) is 5.41 Å². The Morgan fingerprint density at radius 1 is 1.33 bits per heavy atom. The van der Waals surface area contributed by atoms with E-state index in [9.17, 15) is 9.18 Å². The Labute approximate surface area is 96.8 Å². The molecule has 0 saturated carbocycles. The molecule has 0 unspecified atom stereocenters. The molecule has 0 bridgehead atoms. The van der Waals surface area contributed by atoms with Gasteiger partial charge in [-0.1, -0.05) is 15.9 Å². The standard InChI is InChI=1S/C12H12BrFO/c1-12(2)10(15)4-3-7-5-8(13)6-9(14)11(7)12/h5-6H,3-4H2,1-2H3. The molecule has 0 atom stereocenters. The second-order valence-electron chi connectivity index (χ2n) is 4.47. The van der Waals surface area contributed by atoms with Gasteiger partial charge in [0.15, 0.2) is 0 Å². The van der Waals surface area contributed by atoms with Crippen molar-refractivity contribution in [1.29, 1.82) is 0 Å². The number of benzene rings is 1. The Bertz CT molecular complexity index is 437. The zero-order chi connectivity index (χ0) is 11.2. The van der Waals surface area contributed by atoms with Crippen LogP contribution in [0.5, 0.6) is 0 Å². The summed E-state index contributed by atoms with van der Waals surface area (Å²) >= 11 is 3.27. The van der Waals surface area contributed by atoms with E-state index in [1.54, 1.807) is 13.8 Å². The molecule has 0 amide bonds. The highest BCUT2D eigenvalue weighted by Gasteiger charge is 2.37. The SMILES string of the molecule is CC1(C)C(=O)CCc2cc(Br)cc(F)c21. The van der Waals surface area contributed by atoms with Crippen molar-refractivity contribution in [2.75, 3.05) is 0 Å². The highest BCUT2D eigenvalue weighted by molar-refractivity contribution is 9.10. The third-order valence-electron chi connectivity index (χ3n) is 3.08. The molecule has 0 spiro atoms. The van der Waals surface area contributed by atoms with Crippen LogP contribution in [0.25, 0.3) is 0 Å². The van der Waals surface area contributed by atoms with Gasteiger partial charge in [0, 0.05) is 16.5 Å². The molecule has 15 heavy (non-hydrogen) atoms. The summed E-state index contributed by atoms with van der Waals surface area (Å²) in [5.41, 5.74) is 0.840. The number of carbonyl (C=O) groups excluding carboxylic acids is 1. The van der Waals surface area contributed by atoms with Gasteiger partial charge >= 0.3 is 0 Å². The molecular formula is C12H12BrFO. The van der Waals surface area contributed by atoms with Gasteiger partial charge in [0.25, 0.3) is 0 Å². The normalized spacial score (nSPS) is 18.8. The molecular weight excluding hydrogens is 259 g/mol. The van der Waals surface area contributed by atoms with E-state index >= 15 is 0 Å². The minimum absolute atomic E-state index is 0.122. The van der Waals surface area contributed by atoms with Gasteiger partial charge < -0.3 is 0 Å². The predicted octanol–water partition coefficient (Wildman–Crippen LogP) is 3.38. The number of aryl methyl sites for hydroxylation is 1. The Balaban J connectivity index is 2.69. The zero-order valence-electron chi connectivity index (χ0n) is 8.73. The number of ketones is 1. The van der Waals surface area contributed by atoms with Crippen LogP contribution in [0.1, 0.15) is 31.4 Å². The van der Waals surface area contributed by atoms with Crippen LogP contribution in [0.3, 0.4) is 0 Å². The van der Waals surface area contributed by atoms with Crippen LogP contribution >= 0.6 is 15.9 Å². The van der Waals surface area contributed by atoms with Crippen molar-refractivity contribution in [2.45, 2.75) is 32.1 Å². The lowest BCUT2D eigenvalue weighted by Gasteiger charge is -2.31. The van der Waals surface area contributed by atoms with E-state index < -0.39 is 5.41 Å². The lowest BCUT2D eigenvalue weighted by atomic mass is 9.71. The minimum atomic E-state index is -0.682. The first-order valence-corrected chi connectivity index (χ1v) is 5.74. The maximum absolute atomic E-state index is 13.8. The molecule has 0 N–H and O–H groups in total. The molecule has 0 radical (unpaired) electrons. The number of carbonyl (C=O) groups is 1. The molecule has 1 nitrogen and oxygen atoms in total. The molecule has 3 heteroatoms. The van der Waals surface area contributed by atoms with Crippen molar-refractivity contribution in [3.8, 4) is 0 Å². The summed E-state index contributed by atoms with van der Waals surface area (Å²) in [6.45, 7) is 3.59. The summed E-state index contributed by atoms with van der Waals surface area (Å²) in [6, 6.07) is 3.34. The minimum Gasteiger partial charge on any atom is -0.299 e. The van der Waals surface area contributed by atoms with Crippen LogP contribution < -0.4 is 0 Å². The average molecular weight is 271 g/mol. The predicted molar refractivity (Wildman–Crippen MR) is 60.5 cm³/mol. The Hall–Kier alpha value is -0.700. The van der Waals surface area contributed by atoms with E-state index in [-0.39, 0.29) is 11.6 Å². The fraction of sp³-hybridized carbons (Fsp3) is 0.417. The monoisotopic (exact) mass is 270 g/mol. The molecule has 1 aliphatic rings. The van der Waals surface area contributed by atoms with E-state index in [0.29, 0.717) is 18.4 Å². The number of halogens is 2. The second kappa shape index (κ2) is 3.41. The molecule has 2 rings (SSSR count). The first-order chi connectivity index (χ1) is 6.93. The molecule has 0 heterocycles. The Morgan fingerprint density at radius 3 is 2.67 bits per heavy atom. The molecule has 1 aliphatic carbocycles. The molecule has 0 fully saturated rings. The molecule has 1 aromatic carbocycles. The van der Waals surface area contributed by atoms with E-state index in [0.717, 1.165) is 10.0 Å². The second-order valence-corrected chi connectivity index (χ2v) is 5.39. The average Bonchev–Trinajstić information content (AvgIpc) is 2.10. The van der Waals surface area contributed by atoms with Crippen molar-refractivity contribution >= 4 is 21.7 Å². The van der Waals surface area contributed by atoms with Gasteiger partial charge in [0.1, 0.15) is 11.6 Å². The van der Waals surface area contributed by atoms with Crippen molar-refractivity contribution in [2.24, 2.45) is 0 Å². The molecule has 0 aliphatic heterocycles. The van der Waals surface area contributed by atoms with Gasteiger partial charge in [-0.2, -0.15) is 0 Å². The third-order valence-corrected chi connectivity index (χ3v) is 3.54. The summed E-state index contributed by atoms with van der Waals surface area (Å²) in [6.07, 6.45) is 1.16. The van der Waals surface area contributed by atoms with Crippen LogP contribution in [0.2, 0.25) is 0 Å². The smallest absolute Gasteiger partial charge is 0.143 e. The largest absolute Gasteiger partial charge is 0.299 e. The van der Waals surface area contributed by atoms with Crippen LogP contribution in [0.15, 0.2) is 16.6 Å². The summed E-state index contributed by atoms with van der Waals surface area (Å²) in [4.78, 5) is 11.7. The van der Waals surface area contributed by atoms with Crippen LogP contribution in [-0.4, -0.2) is 5.78 Å². The van der Waals surface area contributed by atoms with Gasteiger partial charge in [-0.25, -0.2) is 4.39 Å². The Kier molecular flexibility index (Phi) is 2.45. The molecule has 0 saturated heterocycles. The van der Waals surface area contributed by atoms with Crippen LogP contribution in [0, 0.1) is 5.82 Å². The highest BCUT2D eigenvalue weighted by atomic mass is 79.9. The molecule has 80 valence electrons. The van der Waals surface area contributed by atoms with Gasteiger partial charge in [-0.05, 0) is 38.0 Å². The summed E-state index contributed by atoms with van der Waals surface area (Å²) < 4.78 is 14.6. The molecule has 0 aromatic heterocycles. The van der Waals surface area contributed by atoms with Crippen molar-refractivity contribution < 1.29 is 9.18 Å². The van der Waals surface area contributed by atoms with E-state index in [4.69, 9.17) is 0 Å². The summed E-state index contributed by atoms with van der Waals surface area (Å²) in [7, 11) is 0. The first-order valence-electron chi connectivity index (χ1n) is 4.94. The lowest BCUT2D eigenvalue weighted by molar-refractivity contribution is -0.124. The fourth-order valence-electron chi connectivity index (χ4n) is 2.22. The van der Waals surface area contributed by atoms with E-state index in [1.165, 1.54) is 6.07 Å². The number of hydrogen-bond acceptors (Lipinski definition) is 1. The van der Waals surface area contributed by atoms with Crippen molar-refractivity contribution in [1.82, 2.24) is 0 Å². The maximum Gasteiger partial charge on any atom is 0.143 e. The quantitative estimate of drug-likeness (QED) is 0.707. The van der Waals surface area contributed by atoms with Gasteiger partial charge in [0.2, 0.25) is 0 Å². The zero-order valence-corrected chi connectivity index (χ0v) is 10.3. The maximum atomic E-state index is 13.8. The lowest BCUT2D eigenvalue weighted by Crippen LogP contribution is -2.35. The van der Waals surface area contributed by atoms with Crippen LogP contribution in [-0.2, 0) is 16.6 Å². The fourth-order valence-corrected chi connectivity index (χ4v) is 2.70. The highest BCUT2D eigenvalue weighted by Crippen LogP contribution is 2.37. The van der Waals surface area contributed by atoms with Crippen LogP contribution in [0.4, 0.5) is 4.39 Å². The number of hydrogen-bond donors (Lipinski definition) is 0. The van der Waals surface area contributed by atoms with Crippen molar-refractivity contribution in [3.05, 3.63) is 33.5 Å². The third kappa shape index (κ3) is 1.63. The van der Waals surface area contributed by atoms with Gasteiger partial charge in [-0.15, -0.1) is 0 Å². The van der Waals surface area contributed by atoms with Crippen molar-refractivity contribution in [3.63, 3.8) is 0 Å². The Morgan fingerprint density at radius 2 is 2.00 bits per heavy atom. The summed E-state index contributed by atoms with van der Waals surface area (Å²) in [5.74, 6) is -0.159. The van der Waals surface area contributed by atoms with E-state index in [2.05, 4.69) is 15.9 Å². The van der Waals surface area contributed by atoms with E-state index in [1.807, 2.05) is 6.07 Å². The number of fused-ring (bicyclic) bond motifs is 1. The summed E-state index contributed by atoms with van der Waals surface area (Å²) in [5, 5.41) is 0. The topological polar surface area (TPSA) is 17.1 Å².